The number of alkyl halides is 1. The number of benzene rings is 1. The molecule has 1 unspecified atom stereocenters. The molecular formula is C15H19BrN2O2. The Morgan fingerprint density at radius 3 is 2.75 bits per heavy atom. The van der Waals surface area contributed by atoms with Crippen LogP contribution >= 0.6 is 15.9 Å². The first-order chi connectivity index (χ1) is 9.67. The Labute approximate surface area is 127 Å². The van der Waals surface area contributed by atoms with Crippen molar-refractivity contribution in [3.63, 3.8) is 0 Å². The summed E-state index contributed by atoms with van der Waals surface area (Å²) in [5.41, 5.74) is 0. The molecule has 5 heteroatoms. The Hall–Kier alpha value is -1.33. The van der Waals surface area contributed by atoms with Gasteiger partial charge in [0.2, 0.25) is 0 Å². The number of nitrogens with zero attached hydrogens (tertiary/aromatic N) is 2. The third kappa shape index (κ3) is 3.22. The molecule has 4 nitrogen and oxygen atoms in total. The Morgan fingerprint density at radius 2 is 2.05 bits per heavy atom. The monoisotopic (exact) mass is 338 g/mol. The van der Waals surface area contributed by atoms with Crippen molar-refractivity contribution in [3.05, 3.63) is 30.5 Å². The predicted molar refractivity (Wildman–Crippen MR) is 86.2 cm³/mol. The van der Waals surface area contributed by atoms with Crippen molar-refractivity contribution in [1.29, 1.82) is 0 Å². The van der Waals surface area contributed by atoms with Crippen LogP contribution in [-0.4, -0.2) is 44.2 Å². The molecule has 0 aliphatic carbocycles. The van der Waals surface area contributed by atoms with Gasteiger partial charge in [0.1, 0.15) is 11.6 Å². The van der Waals surface area contributed by atoms with Crippen LogP contribution in [0.25, 0.3) is 10.8 Å². The van der Waals surface area contributed by atoms with Gasteiger partial charge in [0.05, 0.1) is 18.5 Å². The Balaban J connectivity index is 2.34. The van der Waals surface area contributed by atoms with E-state index in [9.17, 15) is 0 Å². The molecule has 0 bridgehead atoms. The molecule has 1 aromatic heterocycles. The van der Waals surface area contributed by atoms with Gasteiger partial charge < -0.3 is 14.4 Å². The van der Waals surface area contributed by atoms with Crippen LogP contribution in [0.4, 0.5) is 5.82 Å². The highest BCUT2D eigenvalue weighted by Crippen LogP contribution is 2.30. The Kier molecular flexibility index (Phi) is 5.20. The smallest absolute Gasteiger partial charge is 0.136 e. The van der Waals surface area contributed by atoms with Gasteiger partial charge in [-0.3, -0.25) is 0 Å². The van der Waals surface area contributed by atoms with E-state index in [1.165, 1.54) is 0 Å². The number of anilines is 1. The van der Waals surface area contributed by atoms with Gasteiger partial charge >= 0.3 is 0 Å². The minimum atomic E-state index is 0.264. The lowest BCUT2D eigenvalue weighted by atomic mass is 10.1. The normalized spacial score (nSPS) is 12.4. The van der Waals surface area contributed by atoms with Crippen LogP contribution in [-0.2, 0) is 4.74 Å². The van der Waals surface area contributed by atoms with E-state index in [2.05, 4.69) is 31.9 Å². The molecule has 1 aromatic carbocycles. The second-order valence-electron chi connectivity index (χ2n) is 4.62. The van der Waals surface area contributed by atoms with Crippen LogP contribution in [0, 0.1) is 0 Å². The second-order valence-corrected chi connectivity index (χ2v) is 5.92. The van der Waals surface area contributed by atoms with E-state index < -0.39 is 0 Å². The number of pyridine rings is 1. The molecule has 2 aromatic rings. The van der Waals surface area contributed by atoms with E-state index in [-0.39, 0.29) is 4.83 Å². The molecule has 0 amide bonds. The summed E-state index contributed by atoms with van der Waals surface area (Å²) in [6.45, 7) is 1.48. The second kappa shape index (κ2) is 6.90. The first-order valence-electron chi connectivity index (χ1n) is 6.43. The van der Waals surface area contributed by atoms with Crippen LogP contribution in [0.15, 0.2) is 30.5 Å². The zero-order valence-corrected chi connectivity index (χ0v) is 13.6. The average molecular weight is 339 g/mol. The summed E-state index contributed by atoms with van der Waals surface area (Å²) in [6, 6.07) is 7.99. The maximum absolute atomic E-state index is 5.41. The van der Waals surface area contributed by atoms with Crippen LogP contribution < -0.4 is 9.64 Å². The summed E-state index contributed by atoms with van der Waals surface area (Å²) < 4.78 is 10.6. The minimum absolute atomic E-state index is 0.264. The van der Waals surface area contributed by atoms with Crippen LogP contribution in [0.3, 0.4) is 0 Å². The highest BCUT2D eigenvalue weighted by Gasteiger charge is 2.13. The first-order valence-corrected chi connectivity index (χ1v) is 7.34. The van der Waals surface area contributed by atoms with Gasteiger partial charge in [0.15, 0.2) is 0 Å². The van der Waals surface area contributed by atoms with Gasteiger partial charge in [-0.25, -0.2) is 4.98 Å². The largest absolute Gasteiger partial charge is 0.496 e. The number of halogens is 1. The molecule has 0 radical (unpaired) electrons. The van der Waals surface area contributed by atoms with Gasteiger partial charge in [0.25, 0.3) is 0 Å². The first kappa shape index (κ1) is 15.1. The minimum Gasteiger partial charge on any atom is -0.496 e. The molecule has 0 aliphatic heterocycles. The highest BCUT2D eigenvalue weighted by molar-refractivity contribution is 9.09. The number of ether oxygens (including phenoxy) is 2. The number of hydrogen-bond acceptors (Lipinski definition) is 4. The maximum atomic E-state index is 5.41. The molecule has 0 fully saturated rings. The topological polar surface area (TPSA) is 34.6 Å². The van der Waals surface area contributed by atoms with E-state index in [0.717, 1.165) is 28.9 Å². The lowest BCUT2D eigenvalue weighted by Crippen LogP contribution is -2.28. The maximum Gasteiger partial charge on any atom is 0.136 e. The van der Waals surface area contributed by atoms with E-state index in [4.69, 9.17) is 9.47 Å². The van der Waals surface area contributed by atoms with Crippen molar-refractivity contribution in [3.8, 4) is 5.75 Å². The molecule has 20 heavy (non-hydrogen) atoms. The van der Waals surface area contributed by atoms with Crippen molar-refractivity contribution in [1.82, 2.24) is 4.98 Å². The van der Waals surface area contributed by atoms with Crippen molar-refractivity contribution >= 4 is 32.5 Å². The quantitative estimate of drug-likeness (QED) is 0.758. The zero-order chi connectivity index (χ0) is 14.5. The fourth-order valence-corrected chi connectivity index (χ4v) is 2.96. The average Bonchev–Trinajstić information content (AvgIpc) is 2.46. The van der Waals surface area contributed by atoms with Crippen LogP contribution in [0.1, 0.15) is 0 Å². The number of methoxy groups -OCH3 is 2. The Morgan fingerprint density at radius 1 is 1.25 bits per heavy atom. The van der Waals surface area contributed by atoms with Gasteiger partial charge in [-0.05, 0) is 12.1 Å². The fraction of sp³-hybridized carbons (Fsp3) is 0.400. The fourth-order valence-electron chi connectivity index (χ4n) is 2.26. The van der Waals surface area contributed by atoms with E-state index >= 15 is 0 Å². The summed E-state index contributed by atoms with van der Waals surface area (Å²) in [5, 5.41) is 2.16. The summed E-state index contributed by atoms with van der Waals surface area (Å²) in [7, 11) is 5.42. The summed E-state index contributed by atoms with van der Waals surface area (Å²) >= 11 is 3.61. The third-order valence-electron chi connectivity index (χ3n) is 3.15. The molecule has 108 valence electrons. The summed E-state index contributed by atoms with van der Waals surface area (Å²) in [6.07, 6.45) is 1.82. The van der Waals surface area contributed by atoms with E-state index in [1.54, 1.807) is 14.2 Å². The molecule has 0 saturated carbocycles. The highest BCUT2D eigenvalue weighted by atomic mass is 79.9. The van der Waals surface area contributed by atoms with Crippen molar-refractivity contribution in [2.75, 3.05) is 39.3 Å². The Bertz CT molecular complexity index is 577. The number of rotatable bonds is 6. The lowest BCUT2D eigenvalue weighted by molar-refractivity contribution is 0.201. The van der Waals surface area contributed by atoms with Crippen LogP contribution in [0.5, 0.6) is 5.75 Å². The standard InChI is InChI=1S/C15H19BrN2O2/c1-18(9-11(16)10-19-2)15-13-5-4-6-14(20-3)12(13)7-8-17-15/h4-8,11H,9-10H2,1-3H3. The van der Waals surface area contributed by atoms with Gasteiger partial charge in [-0.15, -0.1) is 0 Å². The van der Waals surface area contributed by atoms with Gasteiger partial charge in [-0.1, -0.05) is 28.1 Å². The predicted octanol–water partition coefficient (Wildman–Crippen LogP) is 3.09. The zero-order valence-electron chi connectivity index (χ0n) is 12.0. The molecule has 0 N–H and O–H groups in total. The van der Waals surface area contributed by atoms with Crippen molar-refractivity contribution in [2.24, 2.45) is 0 Å². The molecule has 1 atom stereocenters. The van der Waals surface area contributed by atoms with Crippen molar-refractivity contribution in [2.45, 2.75) is 4.83 Å². The molecule has 0 spiro atoms. The van der Waals surface area contributed by atoms with Crippen molar-refractivity contribution < 1.29 is 9.47 Å². The summed E-state index contributed by atoms with van der Waals surface area (Å²) in [4.78, 5) is 6.89. The number of fused-ring (bicyclic) bond motifs is 1. The summed E-state index contributed by atoms with van der Waals surface area (Å²) in [5.74, 6) is 1.81. The molecule has 0 aliphatic rings. The number of hydrogen-bond donors (Lipinski definition) is 0. The van der Waals surface area contributed by atoms with Gasteiger partial charge in [0, 0.05) is 37.7 Å². The molecule has 1 heterocycles. The molecule has 2 rings (SSSR count). The lowest BCUT2D eigenvalue weighted by Gasteiger charge is -2.22. The van der Waals surface area contributed by atoms with Crippen LogP contribution in [0.2, 0.25) is 0 Å². The molecule has 0 saturated heterocycles. The SMILES string of the molecule is COCC(Br)CN(C)c1nccc2c(OC)cccc12. The molecular weight excluding hydrogens is 320 g/mol. The van der Waals surface area contributed by atoms with Gasteiger partial charge in [-0.2, -0.15) is 0 Å². The number of aromatic nitrogens is 1. The van der Waals surface area contributed by atoms with E-state index in [0.29, 0.717) is 6.61 Å². The van der Waals surface area contributed by atoms with E-state index in [1.807, 2.05) is 31.4 Å². The third-order valence-corrected chi connectivity index (χ3v) is 3.70.